The Morgan fingerprint density at radius 1 is 1.43 bits per heavy atom. The fraction of sp³-hybridized carbons (Fsp3) is 0.538. The number of nitro groups is 1. The van der Waals surface area contributed by atoms with Crippen LogP contribution in [-0.4, -0.2) is 38.7 Å². The van der Waals surface area contributed by atoms with Crippen LogP contribution in [0.2, 0.25) is 0 Å². The predicted octanol–water partition coefficient (Wildman–Crippen LogP) is 1.42. The number of hydrogen-bond donors (Lipinski definition) is 1. The van der Waals surface area contributed by atoms with E-state index in [0.29, 0.717) is 24.3 Å². The molecule has 0 bridgehead atoms. The molecule has 0 radical (unpaired) electrons. The van der Waals surface area contributed by atoms with Gasteiger partial charge in [-0.2, -0.15) is 0 Å². The first-order valence-corrected chi connectivity index (χ1v) is 8.63. The lowest BCUT2D eigenvalue weighted by Gasteiger charge is -2.34. The topological polar surface area (TPSA) is 92.6 Å². The van der Waals surface area contributed by atoms with Crippen molar-refractivity contribution in [3.8, 4) is 0 Å². The van der Waals surface area contributed by atoms with E-state index in [2.05, 4.69) is 4.72 Å². The second-order valence-corrected chi connectivity index (χ2v) is 7.15. The number of anilines is 1. The average molecular weight is 313 g/mol. The van der Waals surface area contributed by atoms with Crippen molar-refractivity contribution >= 4 is 21.4 Å². The smallest absolute Gasteiger partial charge is 0.295 e. The van der Waals surface area contributed by atoms with Crippen molar-refractivity contribution in [3.05, 3.63) is 33.9 Å². The van der Waals surface area contributed by atoms with E-state index < -0.39 is 10.0 Å². The van der Waals surface area contributed by atoms with Gasteiger partial charge in [0.25, 0.3) is 5.69 Å². The lowest BCUT2D eigenvalue weighted by atomic mass is 10.0. The van der Waals surface area contributed by atoms with Crippen LogP contribution in [0.5, 0.6) is 0 Å². The molecule has 0 aromatic heterocycles. The van der Waals surface area contributed by atoms with E-state index in [1.807, 2.05) is 4.90 Å². The highest BCUT2D eigenvalue weighted by Gasteiger charge is 2.27. The molecule has 1 aromatic carbocycles. The van der Waals surface area contributed by atoms with Crippen LogP contribution >= 0.6 is 0 Å². The largest absolute Gasteiger partial charge is 0.364 e. The summed E-state index contributed by atoms with van der Waals surface area (Å²) in [6, 6.07) is 4.99. The molecule has 1 aliphatic heterocycles. The Balaban J connectivity index is 2.26. The van der Waals surface area contributed by atoms with Crippen molar-refractivity contribution in [1.29, 1.82) is 0 Å². The van der Waals surface area contributed by atoms with E-state index in [0.717, 1.165) is 19.1 Å². The summed E-state index contributed by atoms with van der Waals surface area (Å²) in [4.78, 5) is 12.8. The fourth-order valence-electron chi connectivity index (χ4n) is 2.73. The summed E-state index contributed by atoms with van der Waals surface area (Å²) in [7, 11) is -3.27. The number of rotatable bonds is 4. The summed E-state index contributed by atoms with van der Waals surface area (Å²) >= 11 is 0. The van der Waals surface area contributed by atoms with Gasteiger partial charge in [0, 0.05) is 24.7 Å². The van der Waals surface area contributed by atoms with Crippen molar-refractivity contribution in [3.63, 3.8) is 0 Å². The van der Waals surface area contributed by atoms with E-state index >= 15 is 0 Å². The Labute approximate surface area is 124 Å². The van der Waals surface area contributed by atoms with Crippen LogP contribution in [0.3, 0.4) is 0 Å². The number of para-hydroxylation sites is 1. The number of aryl methyl sites for hydroxylation is 1. The molecule has 1 atom stereocenters. The molecular formula is C13H19N3O4S. The van der Waals surface area contributed by atoms with Gasteiger partial charge in [-0.15, -0.1) is 0 Å². The third-order valence-corrected chi connectivity index (χ3v) is 4.30. The maximum absolute atomic E-state index is 11.3. The Kier molecular flexibility index (Phi) is 4.48. The zero-order chi connectivity index (χ0) is 15.6. The highest BCUT2D eigenvalue weighted by Crippen LogP contribution is 2.33. The molecule has 1 aliphatic rings. The molecule has 8 heteroatoms. The van der Waals surface area contributed by atoms with Crippen molar-refractivity contribution in [2.75, 3.05) is 24.2 Å². The minimum Gasteiger partial charge on any atom is -0.364 e. The number of nitrogens with one attached hydrogen (secondary N) is 1. The Morgan fingerprint density at radius 3 is 2.76 bits per heavy atom. The predicted molar refractivity (Wildman–Crippen MR) is 81.0 cm³/mol. The molecule has 1 N–H and O–H groups in total. The van der Waals surface area contributed by atoms with Gasteiger partial charge in [0.15, 0.2) is 0 Å². The standard InChI is InChI=1S/C13H19N3O4S/c1-10-5-3-7-12(13(10)16(17)18)15-8-4-6-11(9-15)14-21(2,19)20/h3,5,7,11,14H,4,6,8-9H2,1-2H3. The van der Waals surface area contributed by atoms with E-state index in [1.54, 1.807) is 25.1 Å². The van der Waals surface area contributed by atoms with Gasteiger partial charge < -0.3 is 4.90 Å². The molecule has 0 saturated carbocycles. The zero-order valence-corrected chi connectivity index (χ0v) is 12.9. The van der Waals surface area contributed by atoms with Crippen molar-refractivity contribution in [2.24, 2.45) is 0 Å². The van der Waals surface area contributed by atoms with Gasteiger partial charge in [-0.3, -0.25) is 10.1 Å². The maximum Gasteiger partial charge on any atom is 0.295 e. The first-order valence-electron chi connectivity index (χ1n) is 6.74. The van der Waals surface area contributed by atoms with Crippen molar-refractivity contribution in [2.45, 2.75) is 25.8 Å². The van der Waals surface area contributed by atoms with Crippen molar-refractivity contribution in [1.82, 2.24) is 4.72 Å². The summed E-state index contributed by atoms with van der Waals surface area (Å²) in [5.41, 5.74) is 1.26. The molecule has 7 nitrogen and oxygen atoms in total. The van der Waals surface area contributed by atoms with Gasteiger partial charge >= 0.3 is 0 Å². The number of piperidine rings is 1. The minimum atomic E-state index is -3.27. The lowest BCUT2D eigenvalue weighted by molar-refractivity contribution is -0.384. The van der Waals surface area contributed by atoms with E-state index in [4.69, 9.17) is 0 Å². The first-order chi connectivity index (χ1) is 9.78. The van der Waals surface area contributed by atoms with Gasteiger partial charge in [-0.05, 0) is 25.8 Å². The number of benzene rings is 1. The van der Waals surface area contributed by atoms with Crippen LogP contribution in [0, 0.1) is 17.0 Å². The Hall–Kier alpha value is -1.67. The molecule has 0 spiro atoms. The van der Waals surface area contributed by atoms with Crippen LogP contribution in [0.15, 0.2) is 18.2 Å². The van der Waals surface area contributed by atoms with E-state index in [-0.39, 0.29) is 16.7 Å². The van der Waals surface area contributed by atoms with Crippen LogP contribution in [0.25, 0.3) is 0 Å². The molecule has 2 rings (SSSR count). The highest BCUT2D eigenvalue weighted by atomic mass is 32.2. The molecule has 1 unspecified atom stereocenters. The second kappa shape index (κ2) is 5.98. The van der Waals surface area contributed by atoms with Crippen LogP contribution in [-0.2, 0) is 10.0 Å². The van der Waals surface area contributed by atoms with Crippen LogP contribution in [0.4, 0.5) is 11.4 Å². The quantitative estimate of drug-likeness (QED) is 0.670. The SMILES string of the molecule is Cc1cccc(N2CCCC(NS(C)(=O)=O)C2)c1[N+](=O)[O-]. The number of sulfonamides is 1. The third kappa shape index (κ3) is 3.92. The molecule has 21 heavy (non-hydrogen) atoms. The van der Waals surface area contributed by atoms with Gasteiger partial charge in [0.05, 0.1) is 11.2 Å². The number of nitrogens with zero attached hydrogens (tertiary/aromatic N) is 2. The summed E-state index contributed by atoms with van der Waals surface area (Å²) in [6.07, 6.45) is 2.66. The van der Waals surface area contributed by atoms with Crippen LogP contribution < -0.4 is 9.62 Å². The first kappa shape index (κ1) is 15.7. The third-order valence-electron chi connectivity index (χ3n) is 3.54. The maximum atomic E-state index is 11.3. The molecule has 0 amide bonds. The summed E-state index contributed by atoms with van der Waals surface area (Å²) in [6.45, 7) is 2.83. The second-order valence-electron chi connectivity index (χ2n) is 5.37. The summed E-state index contributed by atoms with van der Waals surface area (Å²) < 4.78 is 25.2. The highest BCUT2D eigenvalue weighted by molar-refractivity contribution is 7.88. The zero-order valence-electron chi connectivity index (χ0n) is 12.1. The van der Waals surface area contributed by atoms with E-state index in [9.17, 15) is 18.5 Å². The molecule has 1 fully saturated rings. The lowest BCUT2D eigenvalue weighted by Crippen LogP contribution is -2.47. The van der Waals surface area contributed by atoms with E-state index in [1.165, 1.54) is 0 Å². The molecule has 1 aromatic rings. The fourth-order valence-corrected chi connectivity index (χ4v) is 3.53. The Bertz CT molecular complexity index is 645. The molecule has 116 valence electrons. The molecular weight excluding hydrogens is 294 g/mol. The summed E-state index contributed by atoms with van der Waals surface area (Å²) in [5.74, 6) is 0. The van der Waals surface area contributed by atoms with Gasteiger partial charge in [0.1, 0.15) is 5.69 Å². The molecule has 1 heterocycles. The molecule has 0 aliphatic carbocycles. The number of hydrogen-bond acceptors (Lipinski definition) is 5. The van der Waals surface area contributed by atoms with Gasteiger partial charge in [-0.25, -0.2) is 13.1 Å². The van der Waals surface area contributed by atoms with Crippen LogP contribution in [0.1, 0.15) is 18.4 Å². The summed E-state index contributed by atoms with van der Waals surface area (Å²) in [5, 5.41) is 11.3. The average Bonchev–Trinajstić information content (AvgIpc) is 2.36. The van der Waals surface area contributed by atoms with Gasteiger partial charge in [0.2, 0.25) is 10.0 Å². The minimum absolute atomic E-state index is 0.0949. The monoisotopic (exact) mass is 313 g/mol. The normalized spacial score (nSPS) is 19.5. The van der Waals surface area contributed by atoms with Crippen molar-refractivity contribution < 1.29 is 13.3 Å². The Morgan fingerprint density at radius 2 is 2.14 bits per heavy atom. The molecule has 1 saturated heterocycles. The number of nitro benzene ring substituents is 1. The van der Waals surface area contributed by atoms with Gasteiger partial charge in [-0.1, -0.05) is 12.1 Å².